The van der Waals surface area contributed by atoms with Crippen molar-refractivity contribution in [2.45, 2.75) is 0 Å². The fraction of sp³-hybridized carbons (Fsp3) is 0. The molecule has 0 unspecified atom stereocenters. The van der Waals surface area contributed by atoms with Gasteiger partial charge in [0, 0.05) is 0 Å². The minimum absolute atomic E-state index is 1.21. The Hall–Kier alpha value is -7.28. The highest BCUT2D eigenvalue weighted by Crippen LogP contribution is 2.50. The van der Waals surface area contributed by atoms with Gasteiger partial charge in [0.1, 0.15) is 0 Å². The molecule has 56 heavy (non-hydrogen) atoms. The van der Waals surface area contributed by atoms with Crippen molar-refractivity contribution in [3.05, 3.63) is 218 Å². The second kappa shape index (κ2) is 13.2. The van der Waals surface area contributed by atoms with E-state index in [1.165, 1.54) is 109 Å². The van der Waals surface area contributed by atoms with Crippen molar-refractivity contribution in [1.29, 1.82) is 0 Å². The van der Waals surface area contributed by atoms with E-state index in [9.17, 15) is 0 Å². The molecule has 260 valence electrons. The largest absolute Gasteiger partial charge is 0.0622 e. The molecule has 0 fully saturated rings. The van der Waals surface area contributed by atoms with Gasteiger partial charge < -0.3 is 0 Å². The van der Waals surface area contributed by atoms with Crippen molar-refractivity contribution in [3.63, 3.8) is 0 Å². The highest BCUT2D eigenvalue weighted by molar-refractivity contribution is 6.30. The van der Waals surface area contributed by atoms with E-state index in [1.54, 1.807) is 0 Å². The summed E-state index contributed by atoms with van der Waals surface area (Å²) in [5, 5.41) is 12.5. The van der Waals surface area contributed by atoms with E-state index in [4.69, 9.17) is 0 Å². The SMILES string of the molecule is c1ccc(-c2cc(-c3ccccc3)cc(-c3c4ccccc4c(-c4c5ccccc5c(-c5ccc6ccccc6c5)c5ccccc45)c4ccccc34)c2)cc1. The van der Waals surface area contributed by atoms with Crippen LogP contribution >= 0.6 is 0 Å². The van der Waals surface area contributed by atoms with Gasteiger partial charge >= 0.3 is 0 Å². The normalized spacial score (nSPS) is 11.6. The van der Waals surface area contributed by atoms with Crippen molar-refractivity contribution in [3.8, 4) is 55.6 Å². The third kappa shape index (κ3) is 5.22. The summed E-state index contributed by atoms with van der Waals surface area (Å²) >= 11 is 0. The molecule has 0 nitrogen and oxygen atoms in total. The van der Waals surface area contributed by atoms with Crippen molar-refractivity contribution >= 4 is 53.9 Å². The molecule has 0 aliphatic rings. The Labute approximate surface area is 326 Å². The lowest BCUT2D eigenvalue weighted by molar-refractivity contribution is 1.58. The third-order valence-electron chi connectivity index (χ3n) is 11.6. The first-order valence-electron chi connectivity index (χ1n) is 19.4. The summed E-state index contributed by atoms with van der Waals surface area (Å²) in [5.74, 6) is 0. The molecular weight excluding hydrogens is 673 g/mol. The van der Waals surface area contributed by atoms with Gasteiger partial charge in [-0.1, -0.05) is 194 Å². The molecule has 11 aromatic carbocycles. The second-order valence-electron chi connectivity index (χ2n) is 14.8. The standard InChI is InChI=1S/C56H36/c1-3-17-37(18-4-1)42-34-43(38-19-5-2-6-20-38)36-44(35-42)54-47-25-11-15-29-51(47)56(52-30-16-12-26-48(52)54)55-49-27-13-9-23-45(49)53(46-24-10-14-28-50(46)55)41-32-31-39-21-7-8-22-40(39)33-41/h1-36H. The van der Waals surface area contributed by atoms with Crippen molar-refractivity contribution in [2.75, 3.05) is 0 Å². The minimum Gasteiger partial charge on any atom is -0.0622 e. The average Bonchev–Trinajstić information content (AvgIpc) is 3.28. The van der Waals surface area contributed by atoms with Crippen LogP contribution in [0.25, 0.3) is 109 Å². The molecule has 0 saturated heterocycles. The summed E-state index contributed by atoms with van der Waals surface area (Å²) in [6.45, 7) is 0. The zero-order valence-electron chi connectivity index (χ0n) is 30.8. The molecule has 0 aromatic heterocycles. The summed E-state index contributed by atoms with van der Waals surface area (Å²) in [4.78, 5) is 0. The van der Waals surface area contributed by atoms with E-state index in [1.807, 2.05) is 0 Å². The van der Waals surface area contributed by atoms with E-state index >= 15 is 0 Å². The van der Waals surface area contributed by atoms with E-state index in [0.29, 0.717) is 0 Å². The Kier molecular flexibility index (Phi) is 7.60. The summed E-state index contributed by atoms with van der Waals surface area (Å²) in [6, 6.07) is 80.4. The molecule has 0 N–H and O–H groups in total. The predicted octanol–water partition coefficient (Wildman–Crippen LogP) is 15.8. The first-order chi connectivity index (χ1) is 27.8. The van der Waals surface area contributed by atoms with Crippen LogP contribution in [-0.4, -0.2) is 0 Å². The molecular formula is C56H36. The minimum atomic E-state index is 1.21. The number of hydrogen-bond acceptors (Lipinski definition) is 0. The van der Waals surface area contributed by atoms with Gasteiger partial charge in [-0.3, -0.25) is 0 Å². The van der Waals surface area contributed by atoms with Crippen LogP contribution in [0, 0.1) is 0 Å². The van der Waals surface area contributed by atoms with Crippen LogP contribution < -0.4 is 0 Å². The van der Waals surface area contributed by atoms with Gasteiger partial charge in [0.05, 0.1) is 0 Å². The molecule has 0 amide bonds. The van der Waals surface area contributed by atoms with Gasteiger partial charge in [-0.2, -0.15) is 0 Å². The summed E-state index contributed by atoms with van der Waals surface area (Å²) in [5.41, 5.74) is 12.4. The Morgan fingerprint density at radius 2 is 0.482 bits per heavy atom. The molecule has 0 bridgehead atoms. The molecule has 0 aliphatic carbocycles. The molecule has 11 aromatic rings. The maximum absolute atomic E-state index is 2.39. The van der Waals surface area contributed by atoms with E-state index in [0.717, 1.165) is 0 Å². The van der Waals surface area contributed by atoms with Crippen LogP contribution in [-0.2, 0) is 0 Å². The van der Waals surface area contributed by atoms with Crippen LogP contribution in [0.1, 0.15) is 0 Å². The summed E-state index contributed by atoms with van der Waals surface area (Å²) in [7, 11) is 0. The van der Waals surface area contributed by atoms with Crippen molar-refractivity contribution in [2.24, 2.45) is 0 Å². The smallest absolute Gasteiger partial charge is 0.00139 e. The van der Waals surface area contributed by atoms with Gasteiger partial charge in [-0.25, -0.2) is 0 Å². The lowest BCUT2D eigenvalue weighted by Gasteiger charge is -2.22. The van der Waals surface area contributed by atoms with E-state index in [-0.39, 0.29) is 0 Å². The van der Waals surface area contributed by atoms with Crippen molar-refractivity contribution < 1.29 is 0 Å². The van der Waals surface area contributed by atoms with Crippen LogP contribution in [0.3, 0.4) is 0 Å². The first-order valence-corrected chi connectivity index (χ1v) is 19.4. The monoisotopic (exact) mass is 708 g/mol. The molecule has 11 rings (SSSR count). The fourth-order valence-electron chi connectivity index (χ4n) is 9.13. The van der Waals surface area contributed by atoms with Crippen LogP contribution in [0.4, 0.5) is 0 Å². The lowest BCUT2D eigenvalue weighted by Crippen LogP contribution is -1.95. The number of benzene rings is 11. The number of fused-ring (bicyclic) bond motifs is 5. The summed E-state index contributed by atoms with van der Waals surface area (Å²) < 4.78 is 0. The number of hydrogen-bond donors (Lipinski definition) is 0. The van der Waals surface area contributed by atoms with Gasteiger partial charge in [0.25, 0.3) is 0 Å². The molecule has 0 spiro atoms. The molecule has 0 radical (unpaired) electrons. The Morgan fingerprint density at radius 3 is 0.911 bits per heavy atom. The topological polar surface area (TPSA) is 0 Å². The molecule has 0 heteroatoms. The quantitative estimate of drug-likeness (QED) is 0.156. The fourth-order valence-corrected chi connectivity index (χ4v) is 9.13. The second-order valence-corrected chi connectivity index (χ2v) is 14.8. The van der Waals surface area contributed by atoms with Gasteiger partial charge in [0.15, 0.2) is 0 Å². The van der Waals surface area contributed by atoms with Crippen molar-refractivity contribution in [1.82, 2.24) is 0 Å². The van der Waals surface area contributed by atoms with Crippen LogP contribution in [0.15, 0.2) is 218 Å². The highest BCUT2D eigenvalue weighted by atomic mass is 14.3. The van der Waals surface area contributed by atoms with Gasteiger partial charge in [-0.05, 0) is 134 Å². The molecule has 0 aliphatic heterocycles. The van der Waals surface area contributed by atoms with E-state index < -0.39 is 0 Å². The highest BCUT2D eigenvalue weighted by Gasteiger charge is 2.23. The Balaban J connectivity index is 1.25. The third-order valence-corrected chi connectivity index (χ3v) is 11.6. The first kappa shape index (κ1) is 32.2. The summed E-state index contributed by atoms with van der Waals surface area (Å²) in [6.07, 6.45) is 0. The molecule has 0 heterocycles. The predicted molar refractivity (Wildman–Crippen MR) is 241 cm³/mol. The Morgan fingerprint density at radius 1 is 0.161 bits per heavy atom. The molecule has 0 saturated carbocycles. The zero-order chi connectivity index (χ0) is 37.0. The van der Waals surface area contributed by atoms with Crippen LogP contribution in [0.5, 0.6) is 0 Å². The lowest BCUT2D eigenvalue weighted by atomic mass is 9.80. The van der Waals surface area contributed by atoms with Gasteiger partial charge in [0.2, 0.25) is 0 Å². The van der Waals surface area contributed by atoms with E-state index in [2.05, 4.69) is 218 Å². The maximum Gasteiger partial charge on any atom is -0.00139 e. The van der Waals surface area contributed by atoms with Crippen LogP contribution in [0.2, 0.25) is 0 Å². The average molecular weight is 709 g/mol. The Bertz CT molecular complexity index is 3110. The van der Waals surface area contributed by atoms with Gasteiger partial charge in [-0.15, -0.1) is 0 Å². The number of rotatable bonds is 5. The maximum atomic E-state index is 2.39. The zero-order valence-corrected chi connectivity index (χ0v) is 30.8. The molecule has 0 atom stereocenters.